The molecule has 1 aromatic heterocycles. The van der Waals surface area contributed by atoms with Crippen molar-refractivity contribution < 1.29 is 27.2 Å². The Kier molecular flexibility index (Phi) is 8.62. The van der Waals surface area contributed by atoms with E-state index in [4.69, 9.17) is 14.0 Å². The molecule has 39 heavy (non-hydrogen) atoms. The second kappa shape index (κ2) is 12.1. The fourth-order valence-corrected chi connectivity index (χ4v) is 6.56. The standard InChI is InChI=1S/C26H30BrN5O6S/c1-36-22-7-6-21(16-23(22)39(34,35)32-12-14-37-15-13-32)28-26(33)19-8-10-31(11-9-19)17-24-29-25(30-38-24)18-2-4-20(27)5-3-18/h2-7,16,19H,8-15,17H2,1H3,(H,28,33). The molecule has 0 aliphatic carbocycles. The van der Waals surface area contributed by atoms with Gasteiger partial charge < -0.3 is 19.3 Å². The second-order valence-corrected chi connectivity index (χ2v) is 12.3. The number of amides is 1. The molecule has 2 saturated heterocycles. The first-order valence-electron chi connectivity index (χ1n) is 12.7. The van der Waals surface area contributed by atoms with Gasteiger partial charge in [0.05, 0.1) is 26.9 Å². The number of hydrogen-bond donors (Lipinski definition) is 1. The van der Waals surface area contributed by atoms with Crippen LogP contribution >= 0.6 is 15.9 Å². The fourth-order valence-electron chi connectivity index (χ4n) is 4.71. The van der Waals surface area contributed by atoms with E-state index in [2.05, 4.69) is 36.3 Å². The van der Waals surface area contributed by atoms with E-state index in [0.29, 0.717) is 63.1 Å². The van der Waals surface area contributed by atoms with Crippen molar-refractivity contribution in [3.63, 3.8) is 0 Å². The van der Waals surface area contributed by atoms with Crippen molar-refractivity contribution in [1.82, 2.24) is 19.3 Å². The van der Waals surface area contributed by atoms with Gasteiger partial charge in [0, 0.05) is 34.7 Å². The highest BCUT2D eigenvalue weighted by Crippen LogP contribution is 2.31. The predicted octanol–water partition coefficient (Wildman–Crippen LogP) is 3.38. The van der Waals surface area contributed by atoms with Gasteiger partial charge in [-0.2, -0.15) is 9.29 Å². The number of likely N-dealkylation sites (tertiary alicyclic amines) is 1. The number of aromatic nitrogens is 2. The maximum absolute atomic E-state index is 13.2. The van der Waals surface area contributed by atoms with E-state index in [-0.39, 0.29) is 35.6 Å². The topological polar surface area (TPSA) is 127 Å². The van der Waals surface area contributed by atoms with E-state index in [1.807, 2.05) is 24.3 Å². The summed E-state index contributed by atoms with van der Waals surface area (Å²) in [6, 6.07) is 12.4. The number of methoxy groups -OCH3 is 1. The van der Waals surface area contributed by atoms with E-state index in [1.165, 1.54) is 17.5 Å². The summed E-state index contributed by atoms with van der Waals surface area (Å²) in [6.45, 7) is 3.15. The minimum atomic E-state index is -3.79. The molecule has 3 aromatic rings. The van der Waals surface area contributed by atoms with Gasteiger partial charge in [-0.15, -0.1) is 0 Å². The molecule has 3 heterocycles. The molecule has 13 heteroatoms. The summed E-state index contributed by atoms with van der Waals surface area (Å²) in [5.74, 6) is 0.981. The lowest BCUT2D eigenvalue weighted by Crippen LogP contribution is -2.40. The Hall–Kier alpha value is -2.84. The SMILES string of the molecule is COc1ccc(NC(=O)C2CCN(Cc3nc(-c4ccc(Br)cc4)no3)CC2)cc1S(=O)(=O)N1CCOCC1. The monoisotopic (exact) mass is 619 g/mol. The maximum Gasteiger partial charge on any atom is 0.246 e. The minimum absolute atomic E-state index is 0.0292. The van der Waals surface area contributed by atoms with Gasteiger partial charge >= 0.3 is 0 Å². The molecular formula is C26H30BrN5O6S. The zero-order valence-corrected chi connectivity index (χ0v) is 23.9. The molecule has 5 rings (SSSR count). The van der Waals surface area contributed by atoms with Crippen LogP contribution in [0.1, 0.15) is 18.7 Å². The van der Waals surface area contributed by atoms with Crippen LogP contribution in [0.15, 0.2) is 56.4 Å². The van der Waals surface area contributed by atoms with Crippen LogP contribution in [0.5, 0.6) is 5.75 Å². The third kappa shape index (κ3) is 6.49. The number of piperidine rings is 1. The number of halogens is 1. The van der Waals surface area contributed by atoms with Crippen LogP contribution in [0.4, 0.5) is 5.69 Å². The molecule has 0 saturated carbocycles. The average molecular weight is 621 g/mol. The van der Waals surface area contributed by atoms with Gasteiger partial charge in [0.15, 0.2) is 0 Å². The summed E-state index contributed by atoms with van der Waals surface area (Å²) in [7, 11) is -2.37. The number of ether oxygens (including phenoxy) is 2. The summed E-state index contributed by atoms with van der Waals surface area (Å²) < 4.78 is 44.9. The minimum Gasteiger partial charge on any atom is -0.495 e. The quantitative estimate of drug-likeness (QED) is 0.403. The number of nitrogens with zero attached hydrogens (tertiary/aromatic N) is 4. The van der Waals surface area contributed by atoms with Crippen molar-refractivity contribution in [2.24, 2.45) is 5.92 Å². The van der Waals surface area contributed by atoms with Crippen LogP contribution in [0.2, 0.25) is 0 Å². The predicted molar refractivity (Wildman–Crippen MR) is 147 cm³/mol. The van der Waals surface area contributed by atoms with Crippen molar-refractivity contribution in [3.05, 3.63) is 52.8 Å². The van der Waals surface area contributed by atoms with Crippen molar-refractivity contribution in [1.29, 1.82) is 0 Å². The van der Waals surface area contributed by atoms with E-state index < -0.39 is 10.0 Å². The van der Waals surface area contributed by atoms with Gasteiger partial charge in [-0.05, 0) is 68.4 Å². The van der Waals surface area contributed by atoms with E-state index >= 15 is 0 Å². The van der Waals surface area contributed by atoms with Crippen molar-refractivity contribution in [2.75, 3.05) is 51.8 Å². The molecule has 208 valence electrons. The largest absolute Gasteiger partial charge is 0.495 e. The number of carbonyl (C=O) groups excluding carboxylic acids is 1. The summed E-state index contributed by atoms with van der Waals surface area (Å²) in [6.07, 6.45) is 1.32. The summed E-state index contributed by atoms with van der Waals surface area (Å²) in [5, 5.41) is 6.99. The van der Waals surface area contributed by atoms with Gasteiger partial charge in [-0.25, -0.2) is 8.42 Å². The fraction of sp³-hybridized carbons (Fsp3) is 0.423. The second-order valence-electron chi connectivity index (χ2n) is 9.44. The van der Waals surface area contributed by atoms with Crippen LogP contribution in [-0.2, 0) is 26.1 Å². The third-order valence-corrected chi connectivity index (χ3v) is 9.36. The molecular weight excluding hydrogens is 590 g/mol. The number of sulfonamides is 1. The highest BCUT2D eigenvalue weighted by atomic mass is 79.9. The summed E-state index contributed by atoms with van der Waals surface area (Å²) in [4.78, 5) is 19.8. The van der Waals surface area contributed by atoms with Crippen LogP contribution in [0, 0.1) is 5.92 Å². The summed E-state index contributed by atoms with van der Waals surface area (Å²) >= 11 is 3.42. The Labute approximate surface area is 235 Å². The van der Waals surface area contributed by atoms with Crippen LogP contribution < -0.4 is 10.1 Å². The lowest BCUT2D eigenvalue weighted by molar-refractivity contribution is -0.121. The maximum atomic E-state index is 13.2. The molecule has 2 aliphatic rings. The number of anilines is 1. The zero-order chi connectivity index (χ0) is 27.4. The number of carbonyl (C=O) groups is 1. The number of morpholine rings is 1. The Morgan fingerprint density at radius 1 is 1.10 bits per heavy atom. The van der Waals surface area contributed by atoms with E-state index in [1.54, 1.807) is 12.1 Å². The Balaban J connectivity index is 1.17. The number of benzene rings is 2. The molecule has 1 amide bonds. The van der Waals surface area contributed by atoms with E-state index in [0.717, 1.165) is 10.0 Å². The first-order valence-corrected chi connectivity index (χ1v) is 14.9. The summed E-state index contributed by atoms with van der Waals surface area (Å²) in [5.41, 5.74) is 1.30. The molecule has 2 aliphatic heterocycles. The molecule has 2 fully saturated rings. The zero-order valence-electron chi connectivity index (χ0n) is 21.5. The number of rotatable bonds is 8. The van der Waals surface area contributed by atoms with Crippen LogP contribution in [-0.4, -0.2) is 80.2 Å². The van der Waals surface area contributed by atoms with Crippen molar-refractivity contribution >= 4 is 37.5 Å². The first kappa shape index (κ1) is 27.7. The smallest absolute Gasteiger partial charge is 0.246 e. The van der Waals surface area contributed by atoms with Gasteiger partial charge in [-0.1, -0.05) is 21.1 Å². The highest BCUT2D eigenvalue weighted by molar-refractivity contribution is 9.10. The molecule has 0 spiro atoms. The van der Waals surface area contributed by atoms with Crippen LogP contribution in [0.25, 0.3) is 11.4 Å². The van der Waals surface area contributed by atoms with Crippen molar-refractivity contribution in [3.8, 4) is 17.1 Å². The molecule has 0 bridgehead atoms. The van der Waals surface area contributed by atoms with Gasteiger partial charge in [0.1, 0.15) is 10.6 Å². The average Bonchev–Trinajstić information content (AvgIpc) is 3.42. The first-order chi connectivity index (χ1) is 18.8. The lowest BCUT2D eigenvalue weighted by Gasteiger charge is -2.30. The normalized spacial score (nSPS) is 17.7. The van der Waals surface area contributed by atoms with Crippen molar-refractivity contribution in [2.45, 2.75) is 24.3 Å². The Bertz CT molecular complexity index is 1400. The highest BCUT2D eigenvalue weighted by Gasteiger charge is 2.31. The molecule has 0 atom stereocenters. The van der Waals surface area contributed by atoms with E-state index in [9.17, 15) is 13.2 Å². The molecule has 0 unspecified atom stereocenters. The number of nitrogens with one attached hydrogen (secondary N) is 1. The molecule has 2 aromatic carbocycles. The molecule has 1 N–H and O–H groups in total. The molecule has 11 nitrogen and oxygen atoms in total. The van der Waals surface area contributed by atoms with Crippen LogP contribution in [0.3, 0.4) is 0 Å². The Morgan fingerprint density at radius 3 is 2.51 bits per heavy atom. The number of hydrogen-bond acceptors (Lipinski definition) is 9. The third-order valence-electron chi connectivity index (χ3n) is 6.91. The van der Waals surface area contributed by atoms with Gasteiger partial charge in [-0.3, -0.25) is 9.69 Å². The molecule has 0 radical (unpaired) electrons. The Morgan fingerprint density at radius 2 is 1.82 bits per heavy atom. The van der Waals surface area contributed by atoms with Gasteiger partial charge in [0.2, 0.25) is 27.6 Å². The van der Waals surface area contributed by atoms with Gasteiger partial charge in [0.25, 0.3) is 0 Å². The lowest BCUT2D eigenvalue weighted by atomic mass is 9.96.